The molecule has 19 heavy (non-hydrogen) atoms. The average Bonchev–Trinajstić information content (AvgIpc) is 2.44. The summed E-state index contributed by atoms with van der Waals surface area (Å²) in [7, 11) is 0. The molecule has 0 unspecified atom stereocenters. The molecular weight excluding hydrogens is 245 g/mol. The van der Waals surface area contributed by atoms with Crippen LogP contribution in [0, 0.1) is 17.1 Å². The Balaban J connectivity index is 2.88. The van der Waals surface area contributed by atoms with Crippen LogP contribution in [-0.2, 0) is 11.3 Å². The van der Waals surface area contributed by atoms with E-state index in [2.05, 4.69) is 0 Å². The summed E-state index contributed by atoms with van der Waals surface area (Å²) in [5.41, 5.74) is 6.35. The summed E-state index contributed by atoms with van der Waals surface area (Å²) in [6, 6.07) is 5.56. The molecule has 1 amide bonds. The van der Waals surface area contributed by atoms with E-state index in [-0.39, 0.29) is 18.0 Å². The molecule has 5 heteroatoms. The van der Waals surface area contributed by atoms with Crippen molar-refractivity contribution in [3.63, 3.8) is 0 Å². The second-order valence-electron chi connectivity index (χ2n) is 4.29. The summed E-state index contributed by atoms with van der Waals surface area (Å²) in [5, 5.41) is 8.68. The first-order valence-electron chi connectivity index (χ1n) is 6.26. The van der Waals surface area contributed by atoms with Gasteiger partial charge in [-0.05, 0) is 25.5 Å². The Morgan fingerprint density at radius 1 is 1.53 bits per heavy atom. The number of carbonyl (C=O) groups is 1. The minimum Gasteiger partial charge on any atom is -0.337 e. The molecule has 0 aliphatic rings. The molecule has 102 valence electrons. The summed E-state index contributed by atoms with van der Waals surface area (Å²) in [4.78, 5) is 13.5. The lowest BCUT2D eigenvalue weighted by molar-refractivity contribution is -0.133. The number of amides is 1. The molecule has 1 atom stereocenters. The van der Waals surface area contributed by atoms with Crippen LogP contribution in [0.25, 0.3) is 0 Å². The van der Waals surface area contributed by atoms with Gasteiger partial charge in [0.25, 0.3) is 0 Å². The van der Waals surface area contributed by atoms with Gasteiger partial charge in [0, 0.05) is 18.7 Å². The van der Waals surface area contributed by atoms with Crippen molar-refractivity contribution in [1.82, 2.24) is 4.90 Å². The van der Waals surface area contributed by atoms with Gasteiger partial charge in [-0.25, -0.2) is 4.39 Å². The molecule has 0 heterocycles. The van der Waals surface area contributed by atoms with Crippen LogP contribution in [0.15, 0.2) is 18.2 Å². The molecule has 1 aromatic rings. The van der Waals surface area contributed by atoms with Gasteiger partial charge in [0.15, 0.2) is 0 Å². The van der Waals surface area contributed by atoms with Crippen LogP contribution in [0.3, 0.4) is 0 Å². The van der Waals surface area contributed by atoms with Gasteiger partial charge < -0.3 is 10.6 Å². The fraction of sp³-hybridized carbons (Fsp3) is 0.429. The lowest BCUT2D eigenvalue weighted by Gasteiger charge is -2.24. The van der Waals surface area contributed by atoms with Gasteiger partial charge in [0.2, 0.25) is 5.91 Å². The van der Waals surface area contributed by atoms with E-state index in [1.165, 1.54) is 23.1 Å². The van der Waals surface area contributed by atoms with Crippen LogP contribution in [0.2, 0.25) is 0 Å². The van der Waals surface area contributed by atoms with E-state index in [1.807, 2.05) is 19.9 Å². The van der Waals surface area contributed by atoms with Gasteiger partial charge in [0.05, 0.1) is 17.7 Å². The topological polar surface area (TPSA) is 70.1 Å². The van der Waals surface area contributed by atoms with Gasteiger partial charge in [-0.2, -0.15) is 5.26 Å². The minimum absolute atomic E-state index is 0.167. The molecule has 0 saturated heterocycles. The zero-order chi connectivity index (χ0) is 14.4. The molecule has 0 aliphatic heterocycles. The molecule has 0 saturated carbocycles. The first-order chi connectivity index (χ1) is 9.03. The normalized spacial score (nSPS) is 11.7. The van der Waals surface area contributed by atoms with Gasteiger partial charge in [-0.3, -0.25) is 4.79 Å². The monoisotopic (exact) mass is 263 g/mol. The third-order valence-electron chi connectivity index (χ3n) is 2.99. The number of nitrogens with two attached hydrogens (primary N) is 1. The molecule has 4 nitrogen and oxygen atoms in total. The van der Waals surface area contributed by atoms with Crippen molar-refractivity contribution in [2.45, 2.75) is 32.9 Å². The van der Waals surface area contributed by atoms with Crippen molar-refractivity contribution in [3.8, 4) is 6.07 Å². The third-order valence-corrected chi connectivity index (χ3v) is 2.99. The summed E-state index contributed by atoms with van der Waals surface area (Å²) in [6.45, 7) is 4.28. The molecule has 1 aromatic carbocycles. The maximum Gasteiger partial charge on any atom is 0.239 e. The number of hydrogen-bond acceptors (Lipinski definition) is 3. The van der Waals surface area contributed by atoms with Crippen LogP contribution in [-0.4, -0.2) is 23.4 Å². The van der Waals surface area contributed by atoms with Crippen molar-refractivity contribution in [2.75, 3.05) is 6.54 Å². The van der Waals surface area contributed by atoms with Crippen molar-refractivity contribution in [3.05, 3.63) is 35.1 Å². The van der Waals surface area contributed by atoms with E-state index >= 15 is 0 Å². The predicted octanol–water partition coefficient (Wildman–Crippen LogP) is 1.78. The van der Waals surface area contributed by atoms with Crippen molar-refractivity contribution in [2.24, 2.45) is 5.73 Å². The van der Waals surface area contributed by atoms with Crippen molar-refractivity contribution in [1.29, 1.82) is 5.26 Å². The van der Waals surface area contributed by atoms with Gasteiger partial charge in [-0.1, -0.05) is 13.0 Å². The second-order valence-corrected chi connectivity index (χ2v) is 4.29. The number of nitriles is 1. The molecular formula is C14H18FN3O. The standard InChI is InChI=1S/C14H18FN3O/c1-3-13(17)14(19)18(4-2)9-11-6-5-10(8-16)7-12(11)15/h5-7,13H,3-4,9,17H2,1-2H3/t13-/m0/s1. The minimum atomic E-state index is -0.554. The predicted molar refractivity (Wildman–Crippen MR) is 70.5 cm³/mol. The quantitative estimate of drug-likeness (QED) is 0.880. The second kappa shape index (κ2) is 6.86. The number of benzene rings is 1. The first-order valence-corrected chi connectivity index (χ1v) is 6.26. The Bertz CT molecular complexity index is 496. The fourth-order valence-corrected chi connectivity index (χ4v) is 1.71. The Labute approximate surface area is 112 Å². The van der Waals surface area contributed by atoms with E-state index in [0.717, 1.165) is 0 Å². The van der Waals surface area contributed by atoms with Crippen LogP contribution >= 0.6 is 0 Å². The number of nitrogens with zero attached hydrogens (tertiary/aromatic N) is 2. The Morgan fingerprint density at radius 3 is 2.68 bits per heavy atom. The van der Waals surface area contributed by atoms with E-state index in [1.54, 1.807) is 0 Å². The largest absolute Gasteiger partial charge is 0.337 e. The Hall–Kier alpha value is -1.93. The van der Waals surface area contributed by atoms with Crippen molar-refractivity contribution >= 4 is 5.91 Å². The van der Waals surface area contributed by atoms with E-state index in [4.69, 9.17) is 11.0 Å². The van der Waals surface area contributed by atoms with Gasteiger partial charge in [0.1, 0.15) is 5.82 Å². The highest BCUT2D eigenvalue weighted by molar-refractivity contribution is 5.81. The zero-order valence-corrected chi connectivity index (χ0v) is 11.2. The molecule has 0 spiro atoms. The molecule has 2 N–H and O–H groups in total. The van der Waals surface area contributed by atoms with Crippen LogP contribution < -0.4 is 5.73 Å². The Kier molecular flexibility index (Phi) is 5.46. The molecule has 0 aliphatic carbocycles. The summed E-state index contributed by atoms with van der Waals surface area (Å²) < 4.78 is 13.8. The number of hydrogen-bond donors (Lipinski definition) is 1. The molecule has 0 fully saturated rings. The summed E-state index contributed by atoms with van der Waals surface area (Å²) in [6.07, 6.45) is 0.547. The number of likely N-dealkylation sites (N-methyl/N-ethyl adjacent to an activating group) is 1. The highest BCUT2D eigenvalue weighted by Crippen LogP contribution is 2.13. The van der Waals surface area contributed by atoms with Crippen LogP contribution in [0.1, 0.15) is 31.4 Å². The highest BCUT2D eigenvalue weighted by Gasteiger charge is 2.19. The number of halogens is 1. The number of carbonyl (C=O) groups excluding carboxylic acids is 1. The fourth-order valence-electron chi connectivity index (χ4n) is 1.71. The maximum absolute atomic E-state index is 13.8. The first kappa shape index (κ1) is 15.1. The zero-order valence-electron chi connectivity index (χ0n) is 11.2. The van der Waals surface area contributed by atoms with Gasteiger partial charge >= 0.3 is 0 Å². The average molecular weight is 263 g/mol. The molecule has 1 rings (SSSR count). The summed E-state index contributed by atoms with van der Waals surface area (Å²) in [5.74, 6) is -0.663. The highest BCUT2D eigenvalue weighted by atomic mass is 19.1. The maximum atomic E-state index is 13.8. The number of rotatable bonds is 5. The van der Waals surface area contributed by atoms with Crippen molar-refractivity contribution < 1.29 is 9.18 Å². The molecule has 0 radical (unpaired) electrons. The lowest BCUT2D eigenvalue weighted by atomic mass is 10.1. The molecule has 0 aromatic heterocycles. The molecule has 0 bridgehead atoms. The summed E-state index contributed by atoms with van der Waals surface area (Å²) >= 11 is 0. The van der Waals surface area contributed by atoms with E-state index in [9.17, 15) is 9.18 Å². The van der Waals surface area contributed by atoms with Gasteiger partial charge in [-0.15, -0.1) is 0 Å². The smallest absolute Gasteiger partial charge is 0.239 e. The van der Waals surface area contributed by atoms with E-state index < -0.39 is 11.9 Å². The lowest BCUT2D eigenvalue weighted by Crippen LogP contribution is -2.43. The van der Waals surface area contributed by atoms with Crippen LogP contribution in [0.5, 0.6) is 0 Å². The third kappa shape index (κ3) is 3.76. The van der Waals surface area contributed by atoms with Crippen LogP contribution in [0.4, 0.5) is 4.39 Å². The van der Waals surface area contributed by atoms with E-state index in [0.29, 0.717) is 18.5 Å². The SMILES string of the molecule is CC[C@H](N)C(=O)N(CC)Cc1ccc(C#N)cc1F. The Morgan fingerprint density at radius 2 is 2.21 bits per heavy atom.